The molecule has 10 nitrogen and oxygen atoms in total. The van der Waals surface area contributed by atoms with Gasteiger partial charge < -0.3 is 29.9 Å². The van der Waals surface area contributed by atoms with E-state index in [-0.39, 0.29) is 12.0 Å². The summed E-state index contributed by atoms with van der Waals surface area (Å²) in [7, 11) is 3.47. The van der Waals surface area contributed by atoms with Gasteiger partial charge >= 0.3 is 6.09 Å². The molecular weight excluding hydrogens is 484 g/mol. The van der Waals surface area contributed by atoms with E-state index in [4.69, 9.17) is 4.74 Å². The van der Waals surface area contributed by atoms with Gasteiger partial charge in [0.2, 0.25) is 5.95 Å². The molecule has 2 amide bonds. The van der Waals surface area contributed by atoms with E-state index in [1.807, 2.05) is 73.5 Å². The van der Waals surface area contributed by atoms with Crippen LogP contribution < -0.4 is 15.1 Å². The highest BCUT2D eigenvalue weighted by Gasteiger charge is 2.28. The average Bonchev–Trinajstić information content (AvgIpc) is 3.05. The van der Waals surface area contributed by atoms with Crippen molar-refractivity contribution in [3.05, 3.63) is 77.5 Å². The summed E-state index contributed by atoms with van der Waals surface area (Å²) in [5.74, 6) is 0.963. The molecule has 200 valence electrons. The number of aromatic nitrogens is 2. The molecule has 1 aliphatic rings. The lowest BCUT2D eigenvalue weighted by Gasteiger charge is -2.23. The van der Waals surface area contributed by atoms with Gasteiger partial charge in [-0.2, -0.15) is 4.98 Å². The number of amides is 2. The van der Waals surface area contributed by atoms with Crippen LogP contribution in [0.25, 0.3) is 0 Å². The summed E-state index contributed by atoms with van der Waals surface area (Å²) in [6, 6.07) is 17.5. The van der Waals surface area contributed by atoms with Crippen molar-refractivity contribution >= 4 is 29.5 Å². The van der Waals surface area contributed by atoms with Crippen molar-refractivity contribution in [2.24, 2.45) is 0 Å². The first-order chi connectivity index (χ1) is 18.4. The molecule has 0 fully saturated rings. The molecule has 0 unspecified atom stereocenters. The van der Waals surface area contributed by atoms with E-state index in [1.165, 1.54) is 4.90 Å². The lowest BCUT2D eigenvalue weighted by Crippen LogP contribution is -2.33. The number of carboxylic acid groups (broad SMARTS) is 1. The summed E-state index contributed by atoms with van der Waals surface area (Å²) in [6.45, 7) is 4.45. The maximum Gasteiger partial charge on any atom is 0.407 e. The van der Waals surface area contributed by atoms with E-state index in [9.17, 15) is 14.7 Å². The minimum atomic E-state index is -0.970. The van der Waals surface area contributed by atoms with Crippen LogP contribution in [0.4, 0.5) is 22.2 Å². The third-order valence-corrected chi connectivity index (χ3v) is 6.50. The van der Waals surface area contributed by atoms with Crippen molar-refractivity contribution in [1.29, 1.82) is 0 Å². The summed E-state index contributed by atoms with van der Waals surface area (Å²) < 4.78 is 6.29. The number of benzene rings is 2. The van der Waals surface area contributed by atoms with Gasteiger partial charge in [0, 0.05) is 52.2 Å². The monoisotopic (exact) mass is 518 g/mol. The third kappa shape index (κ3) is 6.38. The van der Waals surface area contributed by atoms with Crippen LogP contribution in [-0.4, -0.2) is 72.2 Å². The first-order valence-corrected chi connectivity index (χ1v) is 12.7. The van der Waals surface area contributed by atoms with Gasteiger partial charge in [-0.05, 0) is 36.6 Å². The fourth-order valence-electron chi connectivity index (χ4n) is 4.34. The molecule has 1 atom stereocenters. The van der Waals surface area contributed by atoms with Crippen LogP contribution in [0.5, 0.6) is 0 Å². The largest absolute Gasteiger partial charge is 0.465 e. The zero-order chi connectivity index (χ0) is 27.1. The summed E-state index contributed by atoms with van der Waals surface area (Å²) >= 11 is 0. The standard InChI is InChI=1S/C28H34N6O4/c1-4-29-27-30-18-23-25(31-27)32(2)15-16-34(26(23)35)22-12-8-9-20(17-22)19-38-24(13-14-33(3)28(36)37)21-10-6-5-7-11-21/h5-12,17-18,24H,4,13-16,19H2,1-3H3,(H,36,37)(H,29,30,31)/t24-/m1/s1. The number of likely N-dealkylation sites (N-methyl/N-ethyl adjacent to an activating group) is 1. The first-order valence-electron chi connectivity index (χ1n) is 12.7. The van der Waals surface area contributed by atoms with E-state index >= 15 is 0 Å². The number of anilines is 3. The van der Waals surface area contributed by atoms with Crippen molar-refractivity contribution in [2.45, 2.75) is 26.1 Å². The second-order valence-electron chi connectivity index (χ2n) is 9.21. The maximum atomic E-state index is 13.5. The second kappa shape index (κ2) is 12.4. The molecule has 0 saturated heterocycles. The van der Waals surface area contributed by atoms with Crippen molar-refractivity contribution in [2.75, 3.05) is 55.4 Å². The van der Waals surface area contributed by atoms with Crippen molar-refractivity contribution in [1.82, 2.24) is 14.9 Å². The molecule has 0 saturated carbocycles. The number of hydrogen-bond acceptors (Lipinski definition) is 7. The Labute approximate surface area is 222 Å². The van der Waals surface area contributed by atoms with E-state index < -0.39 is 6.09 Å². The molecule has 0 bridgehead atoms. The Morgan fingerprint density at radius 2 is 1.97 bits per heavy atom. The van der Waals surface area contributed by atoms with Gasteiger partial charge in [-0.15, -0.1) is 0 Å². The first kappa shape index (κ1) is 26.9. The van der Waals surface area contributed by atoms with Gasteiger partial charge in [0.1, 0.15) is 11.4 Å². The fourth-order valence-corrected chi connectivity index (χ4v) is 4.34. The number of fused-ring (bicyclic) bond motifs is 1. The molecule has 1 aromatic heterocycles. The number of carbonyl (C=O) groups is 2. The van der Waals surface area contributed by atoms with E-state index in [2.05, 4.69) is 15.3 Å². The van der Waals surface area contributed by atoms with Gasteiger partial charge in [-0.25, -0.2) is 9.78 Å². The SMILES string of the molecule is CCNc1ncc2c(n1)N(C)CCN(c1cccc(CO[C@H](CCN(C)C(=O)O)c3ccccc3)c1)C2=O. The normalized spacial score (nSPS) is 14.0. The molecule has 3 aromatic rings. The topological polar surface area (TPSA) is 111 Å². The Morgan fingerprint density at radius 3 is 2.71 bits per heavy atom. The zero-order valence-electron chi connectivity index (χ0n) is 22.0. The van der Waals surface area contributed by atoms with Gasteiger partial charge in [-0.1, -0.05) is 42.5 Å². The lowest BCUT2D eigenvalue weighted by atomic mass is 10.1. The highest BCUT2D eigenvalue weighted by Crippen LogP contribution is 2.28. The molecular formula is C28H34N6O4. The minimum Gasteiger partial charge on any atom is -0.465 e. The molecule has 2 heterocycles. The Hall–Kier alpha value is -4.18. The summed E-state index contributed by atoms with van der Waals surface area (Å²) in [4.78, 5) is 38.6. The number of ether oxygens (including phenoxy) is 1. The van der Waals surface area contributed by atoms with Crippen LogP contribution in [0, 0.1) is 0 Å². The minimum absolute atomic E-state index is 0.149. The molecule has 4 rings (SSSR count). The highest BCUT2D eigenvalue weighted by molar-refractivity contribution is 6.09. The van der Waals surface area contributed by atoms with Crippen molar-refractivity contribution in [3.8, 4) is 0 Å². The molecule has 2 N–H and O–H groups in total. The molecule has 10 heteroatoms. The smallest absolute Gasteiger partial charge is 0.407 e. The highest BCUT2D eigenvalue weighted by atomic mass is 16.5. The van der Waals surface area contributed by atoms with Crippen LogP contribution in [0.1, 0.15) is 40.9 Å². The molecule has 1 aliphatic heterocycles. The van der Waals surface area contributed by atoms with Gasteiger partial charge in [-0.3, -0.25) is 4.79 Å². The number of nitrogens with one attached hydrogen (secondary N) is 1. The predicted molar refractivity (Wildman–Crippen MR) is 147 cm³/mol. The Balaban J connectivity index is 1.51. The quantitative estimate of drug-likeness (QED) is 0.410. The van der Waals surface area contributed by atoms with Gasteiger partial charge in [0.05, 0.1) is 12.7 Å². The van der Waals surface area contributed by atoms with E-state index in [0.717, 1.165) is 16.8 Å². The maximum absolute atomic E-state index is 13.5. The predicted octanol–water partition coefficient (Wildman–Crippen LogP) is 4.26. The lowest BCUT2D eigenvalue weighted by molar-refractivity contribution is 0.0288. The molecule has 2 aromatic carbocycles. The number of hydrogen-bond donors (Lipinski definition) is 2. The third-order valence-electron chi connectivity index (χ3n) is 6.50. The Kier molecular flexibility index (Phi) is 8.75. The molecule has 0 aliphatic carbocycles. The second-order valence-corrected chi connectivity index (χ2v) is 9.21. The molecule has 0 radical (unpaired) electrons. The molecule has 38 heavy (non-hydrogen) atoms. The number of rotatable bonds is 10. The Morgan fingerprint density at radius 1 is 1.18 bits per heavy atom. The van der Waals surface area contributed by atoms with Crippen molar-refractivity contribution < 1.29 is 19.4 Å². The van der Waals surface area contributed by atoms with Crippen LogP contribution in [0.15, 0.2) is 60.8 Å². The number of nitrogens with zero attached hydrogens (tertiary/aromatic N) is 5. The van der Waals surface area contributed by atoms with Gasteiger partial charge in [0.25, 0.3) is 5.91 Å². The zero-order valence-corrected chi connectivity index (χ0v) is 22.0. The Bertz CT molecular complexity index is 1260. The van der Waals surface area contributed by atoms with Gasteiger partial charge in [0.15, 0.2) is 0 Å². The van der Waals surface area contributed by atoms with E-state index in [0.29, 0.717) is 56.5 Å². The number of carbonyl (C=O) groups excluding carboxylic acids is 1. The summed E-state index contributed by atoms with van der Waals surface area (Å²) in [5, 5.41) is 12.3. The van der Waals surface area contributed by atoms with Crippen LogP contribution in [0.3, 0.4) is 0 Å². The van der Waals surface area contributed by atoms with E-state index in [1.54, 1.807) is 18.1 Å². The average molecular weight is 519 g/mol. The molecule has 0 spiro atoms. The van der Waals surface area contributed by atoms with Crippen molar-refractivity contribution in [3.63, 3.8) is 0 Å². The van der Waals surface area contributed by atoms with Crippen LogP contribution in [-0.2, 0) is 11.3 Å². The fraction of sp³-hybridized carbons (Fsp3) is 0.357. The van der Waals surface area contributed by atoms with Crippen LogP contribution in [0.2, 0.25) is 0 Å². The summed E-state index contributed by atoms with van der Waals surface area (Å²) in [6.07, 6.45) is 0.866. The summed E-state index contributed by atoms with van der Waals surface area (Å²) in [5.41, 5.74) is 3.14. The van der Waals surface area contributed by atoms with Crippen LogP contribution >= 0.6 is 0 Å².